The largest absolute Gasteiger partial charge is 0.484 e. The summed E-state index contributed by atoms with van der Waals surface area (Å²) >= 11 is 0. The number of amides is 1. The minimum absolute atomic E-state index is 0.113. The Labute approximate surface area is 167 Å². The van der Waals surface area contributed by atoms with Crippen LogP contribution in [0.4, 0.5) is 0 Å². The molecule has 1 amide bonds. The molecule has 1 aromatic carbocycles. The first kappa shape index (κ1) is 23.2. The van der Waals surface area contributed by atoms with Gasteiger partial charge in [-0.3, -0.25) is 9.59 Å². The second kappa shape index (κ2) is 12.5. The molecular weight excluding hydrogens is 354 g/mol. The molecule has 0 aliphatic carbocycles. The molecule has 0 spiro atoms. The molecule has 5 heteroatoms. The van der Waals surface area contributed by atoms with Crippen LogP contribution in [0.2, 0.25) is 0 Å². The number of allylic oxidation sites excluding steroid dienone is 4. The zero-order valence-corrected chi connectivity index (χ0v) is 17.0. The topological polar surface area (TPSA) is 75.6 Å². The van der Waals surface area contributed by atoms with Crippen LogP contribution in [-0.4, -0.2) is 30.1 Å². The summed E-state index contributed by atoms with van der Waals surface area (Å²) in [5.41, 5.74) is 3.29. The Morgan fingerprint density at radius 1 is 1.25 bits per heavy atom. The molecule has 28 heavy (non-hydrogen) atoms. The Balaban J connectivity index is 2.45. The van der Waals surface area contributed by atoms with Crippen molar-refractivity contribution in [3.05, 3.63) is 71.5 Å². The van der Waals surface area contributed by atoms with Crippen molar-refractivity contribution in [1.29, 1.82) is 0 Å². The van der Waals surface area contributed by atoms with Gasteiger partial charge < -0.3 is 15.2 Å². The van der Waals surface area contributed by atoms with Gasteiger partial charge in [0.15, 0.2) is 6.61 Å². The quantitative estimate of drug-likeness (QED) is 0.420. The summed E-state index contributed by atoms with van der Waals surface area (Å²) in [6, 6.07) is 8.37. The summed E-state index contributed by atoms with van der Waals surface area (Å²) in [6.45, 7) is 9.72. The van der Waals surface area contributed by atoms with Crippen molar-refractivity contribution in [3.8, 4) is 0 Å². The molecule has 0 aliphatic rings. The van der Waals surface area contributed by atoms with E-state index in [0.717, 1.165) is 18.4 Å². The Morgan fingerprint density at radius 3 is 2.43 bits per heavy atom. The van der Waals surface area contributed by atoms with E-state index in [-0.39, 0.29) is 12.5 Å². The molecule has 0 radical (unpaired) electrons. The molecule has 0 saturated heterocycles. The van der Waals surface area contributed by atoms with E-state index >= 15 is 0 Å². The average molecular weight is 386 g/mol. The number of carbonyl (C=O) groups is 2. The number of aryl methyl sites for hydroxylation is 1. The zero-order chi connectivity index (χ0) is 20.9. The maximum absolute atomic E-state index is 12.0. The Bertz CT molecular complexity index is 717. The van der Waals surface area contributed by atoms with Crippen LogP contribution in [0.25, 0.3) is 0 Å². The summed E-state index contributed by atoms with van der Waals surface area (Å²) in [5.74, 6) is -1.12. The van der Waals surface area contributed by atoms with E-state index in [1.165, 1.54) is 17.2 Å². The van der Waals surface area contributed by atoms with Crippen LogP contribution >= 0.6 is 0 Å². The second-order valence-electron chi connectivity index (χ2n) is 6.62. The van der Waals surface area contributed by atoms with Crippen molar-refractivity contribution in [1.82, 2.24) is 5.32 Å². The summed E-state index contributed by atoms with van der Waals surface area (Å²) in [4.78, 5) is 23.0. The number of benzene rings is 1. The van der Waals surface area contributed by atoms with Crippen molar-refractivity contribution in [2.75, 3.05) is 13.2 Å². The zero-order valence-electron chi connectivity index (χ0n) is 17.0. The van der Waals surface area contributed by atoms with Crippen molar-refractivity contribution < 1.29 is 19.4 Å². The van der Waals surface area contributed by atoms with Gasteiger partial charge in [0.25, 0.3) is 5.91 Å². The highest BCUT2D eigenvalue weighted by molar-refractivity contribution is 5.77. The minimum Gasteiger partial charge on any atom is -0.484 e. The molecule has 1 rings (SSSR count). The summed E-state index contributed by atoms with van der Waals surface area (Å²) in [7, 11) is 0. The van der Waals surface area contributed by atoms with Gasteiger partial charge in [-0.25, -0.2) is 0 Å². The second-order valence-corrected chi connectivity index (χ2v) is 6.62. The standard InChI is InChI=1S/C23H31NO4/c1-5-18-8-10-20(11-9-18)12-13-24-22(25)16-28-21(7-3)15-19(6-2)14-17(4)23(26)27/h6-11,15,17H,3,5,12-14,16H2,1-2,4H3,(H,24,25)(H,26,27)/b19-6-,21-15+. The number of nitrogens with one attached hydrogen (secondary N) is 1. The smallest absolute Gasteiger partial charge is 0.306 e. The van der Waals surface area contributed by atoms with Crippen LogP contribution in [0, 0.1) is 5.92 Å². The first-order valence-electron chi connectivity index (χ1n) is 9.59. The molecule has 0 aromatic heterocycles. The van der Waals surface area contributed by atoms with Crippen LogP contribution in [0.1, 0.15) is 38.3 Å². The normalized spacial score (nSPS) is 13.0. The maximum atomic E-state index is 12.0. The van der Waals surface area contributed by atoms with E-state index in [1.807, 2.05) is 13.0 Å². The lowest BCUT2D eigenvalue weighted by atomic mass is 10.0. The first-order chi connectivity index (χ1) is 13.4. The van der Waals surface area contributed by atoms with Crippen molar-refractivity contribution in [2.45, 2.75) is 40.0 Å². The third-order valence-electron chi connectivity index (χ3n) is 4.40. The Kier molecular flexibility index (Phi) is 10.4. The molecule has 5 nitrogen and oxygen atoms in total. The fourth-order valence-electron chi connectivity index (χ4n) is 2.53. The molecular formula is C23H31NO4. The Hall–Kier alpha value is -2.82. The molecule has 1 aromatic rings. The molecule has 2 N–H and O–H groups in total. The summed E-state index contributed by atoms with van der Waals surface area (Å²) in [6.07, 6.45) is 7.21. The maximum Gasteiger partial charge on any atom is 0.306 e. The van der Waals surface area contributed by atoms with E-state index in [4.69, 9.17) is 9.84 Å². The molecule has 1 unspecified atom stereocenters. The highest BCUT2D eigenvalue weighted by Crippen LogP contribution is 2.16. The third kappa shape index (κ3) is 8.71. The lowest BCUT2D eigenvalue weighted by Gasteiger charge is -2.11. The summed E-state index contributed by atoms with van der Waals surface area (Å²) < 4.78 is 5.50. The van der Waals surface area contributed by atoms with Gasteiger partial charge in [0.2, 0.25) is 0 Å². The van der Waals surface area contributed by atoms with Crippen LogP contribution in [0.3, 0.4) is 0 Å². The van der Waals surface area contributed by atoms with E-state index in [0.29, 0.717) is 18.7 Å². The van der Waals surface area contributed by atoms with Crippen molar-refractivity contribution in [3.63, 3.8) is 0 Å². The number of hydrogen-bond donors (Lipinski definition) is 2. The fourth-order valence-corrected chi connectivity index (χ4v) is 2.53. The highest BCUT2D eigenvalue weighted by Gasteiger charge is 2.12. The molecule has 0 saturated carbocycles. The monoisotopic (exact) mass is 385 g/mol. The van der Waals surface area contributed by atoms with Gasteiger partial charge in [-0.1, -0.05) is 50.8 Å². The number of carboxylic acids is 1. The van der Waals surface area contributed by atoms with Gasteiger partial charge in [-0.2, -0.15) is 0 Å². The predicted octanol–water partition coefficient (Wildman–Crippen LogP) is 4.05. The van der Waals surface area contributed by atoms with Crippen LogP contribution < -0.4 is 5.32 Å². The van der Waals surface area contributed by atoms with E-state index in [9.17, 15) is 9.59 Å². The number of carboxylic acid groups (broad SMARTS) is 1. The van der Waals surface area contributed by atoms with E-state index in [2.05, 4.69) is 43.1 Å². The lowest BCUT2D eigenvalue weighted by Crippen LogP contribution is -2.29. The third-order valence-corrected chi connectivity index (χ3v) is 4.40. The Morgan fingerprint density at radius 2 is 1.89 bits per heavy atom. The van der Waals surface area contributed by atoms with Crippen LogP contribution in [-0.2, 0) is 27.2 Å². The van der Waals surface area contributed by atoms with Gasteiger partial charge >= 0.3 is 5.97 Å². The van der Waals surface area contributed by atoms with E-state index in [1.54, 1.807) is 13.0 Å². The molecule has 0 fully saturated rings. The average Bonchev–Trinajstić information content (AvgIpc) is 2.70. The minimum atomic E-state index is -0.850. The van der Waals surface area contributed by atoms with Crippen molar-refractivity contribution >= 4 is 11.9 Å². The molecule has 152 valence electrons. The SMILES string of the molecule is C=C/C(=C\C(=C/C)CC(C)C(=O)O)OCC(=O)NCCc1ccc(CC)cc1. The fraction of sp³-hybridized carbons (Fsp3) is 0.391. The number of rotatable bonds is 12. The highest BCUT2D eigenvalue weighted by atomic mass is 16.5. The van der Waals surface area contributed by atoms with Gasteiger partial charge in [0.1, 0.15) is 5.76 Å². The number of aliphatic carboxylic acids is 1. The van der Waals surface area contributed by atoms with Crippen LogP contribution in [0.5, 0.6) is 0 Å². The van der Waals surface area contributed by atoms with Gasteiger partial charge in [-0.05, 0) is 55.0 Å². The number of carbonyl (C=O) groups excluding carboxylic acids is 1. The first-order valence-corrected chi connectivity index (χ1v) is 9.59. The van der Waals surface area contributed by atoms with Crippen LogP contribution in [0.15, 0.2) is 60.4 Å². The lowest BCUT2D eigenvalue weighted by molar-refractivity contribution is -0.141. The van der Waals surface area contributed by atoms with Gasteiger partial charge in [0, 0.05) is 6.54 Å². The number of hydrogen-bond acceptors (Lipinski definition) is 3. The molecule has 1 atom stereocenters. The number of ether oxygens (including phenoxy) is 1. The molecule has 0 bridgehead atoms. The molecule has 0 aliphatic heterocycles. The molecule has 0 heterocycles. The predicted molar refractivity (Wildman–Crippen MR) is 112 cm³/mol. The van der Waals surface area contributed by atoms with Crippen molar-refractivity contribution in [2.24, 2.45) is 5.92 Å². The van der Waals surface area contributed by atoms with Gasteiger partial charge in [0.05, 0.1) is 5.92 Å². The van der Waals surface area contributed by atoms with Gasteiger partial charge in [-0.15, -0.1) is 0 Å². The summed E-state index contributed by atoms with van der Waals surface area (Å²) in [5, 5.41) is 11.9. The van der Waals surface area contributed by atoms with E-state index < -0.39 is 11.9 Å².